The van der Waals surface area contributed by atoms with Crippen LogP contribution >= 0.6 is 34.2 Å². The van der Waals surface area contributed by atoms with Crippen LogP contribution in [0.25, 0.3) is 0 Å². The molecule has 2 rings (SSSR count). The van der Waals surface area contributed by atoms with E-state index in [2.05, 4.69) is 38.4 Å². The maximum atomic E-state index is 12.0. The Balaban J connectivity index is 1.93. The third kappa shape index (κ3) is 6.90. The Morgan fingerprint density at radius 2 is 2.00 bits per heavy atom. The molecule has 0 aliphatic carbocycles. The Morgan fingerprint density at radius 1 is 1.24 bits per heavy atom. The van der Waals surface area contributed by atoms with Gasteiger partial charge in [-0.15, -0.1) is 0 Å². The molecular weight excluding hydrogens is 509 g/mol. The number of carbonyl (C=O) groups excluding carboxylic acids is 2. The summed E-state index contributed by atoms with van der Waals surface area (Å²) >= 11 is 8.15. The minimum absolute atomic E-state index is 0.368. The number of nitrogens with one attached hydrogen (secondary N) is 2. The summed E-state index contributed by atoms with van der Waals surface area (Å²) in [4.78, 5) is 23.9. The Labute approximate surface area is 187 Å². The first-order valence-electron chi connectivity index (χ1n) is 8.72. The molecule has 29 heavy (non-hydrogen) atoms. The summed E-state index contributed by atoms with van der Waals surface area (Å²) in [6.07, 6.45) is 1.10. The van der Waals surface area contributed by atoms with Gasteiger partial charge in [-0.25, -0.2) is 5.43 Å². The largest absolute Gasteiger partial charge is 0.492 e. The number of hydrogen-bond acceptors (Lipinski definition) is 5. The highest BCUT2D eigenvalue weighted by Gasteiger charge is 2.11. The van der Waals surface area contributed by atoms with Gasteiger partial charge in [-0.2, -0.15) is 5.10 Å². The lowest BCUT2D eigenvalue weighted by molar-refractivity contribution is -0.126. The standard InChI is InChI=1S/C20H21ClIN3O4/c1-4-29-17-8-13(7-16(22)20(17)28-3)11-23-25-19(27)10-18(26)24-14-6-5-12(2)15(21)9-14/h5-9,11H,4,10H2,1-3H3,(H,24,26)(H,25,27). The Bertz CT molecular complexity index is 934. The number of anilines is 1. The van der Waals surface area contributed by atoms with E-state index in [4.69, 9.17) is 21.1 Å². The van der Waals surface area contributed by atoms with Gasteiger partial charge < -0.3 is 14.8 Å². The summed E-state index contributed by atoms with van der Waals surface area (Å²) in [7, 11) is 1.57. The van der Waals surface area contributed by atoms with Crippen molar-refractivity contribution in [3.63, 3.8) is 0 Å². The number of hydrazone groups is 1. The van der Waals surface area contributed by atoms with Crippen LogP contribution < -0.4 is 20.2 Å². The molecule has 0 spiro atoms. The van der Waals surface area contributed by atoms with E-state index in [-0.39, 0.29) is 6.42 Å². The highest BCUT2D eigenvalue weighted by molar-refractivity contribution is 14.1. The van der Waals surface area contributed by atoms with Gasteiger partial charge in [-0.1, -0.05) is 17.7 Å². The zero-order valence-electron chi connectivity index (χ0n) is 16.2. The maximum Gasteiger partial charge on any atom is 0.249 e. The molecule has 0 fully saturated rings. The normalized spacial score (nSPS) is 10.7. The van der Waals surface area contributed by atoms with E-state index >= 15 is 0 Å². The molecule has 0 aliphatic heterocycles. The number of methoxy groups -OCH3 is 1. The van der Waals surface area contributed by atoms with Crippen LogP contribution in [-0.2, 0) is 9.59 Å². The van der Waals surface area contributed by atoms with Crippen LogP contribution in [0.15, 0.2) is 35.4 Å². The van der Waals surface area contributed by atoms with Gasteiger partial charge in [-0.05, 0) is 71.8 Å². The Morgan fingerprint density at radius 3 is 2.66 bits per heavy atom. The zero-order valence-corrected chi connectivity index (χ0v) is 19.1. The first-order valence-corrected chi connectivity index (χ1v) is 10.2. The van der Waals surface area contributed by atoms with Crippen molar-refractivity contribution in [2.24, 2.45) is 5.10 Å². The number of nitrogens with zero attached hydrogens (tertiary/aromatic N) is 1. The molecule has 154 valence electrons. The smallest absolute Gasteiger partial charge is 0.249 e. The van der Waals surface area contributed by atoms with Gasteiger partial charge in [0.2, 0.25) is 11.8 Å². The molecule has 0 atom stereocenters. The number of hydrogen-bond donors (Lipinski definition) is 2. The van der Waals surface area contributed by atoms with E-state index < -0.39 is 11.8 Å². The van der Waals surface area contributed by atoms with Gasteiger partial charge in [0.15, 0.2) is 11.5 Å². The van der Waals surface area contributed by atoms with Crippen molar-refractivity contribution >= 4 is 57.9 Å². The fourth-order valence-corrected chi connectivity index (χ4v) is 3.39. The number of amides is 2. The summed E-state index contributed by atoms with van der Waals surface area (Å²) in [5.74, 6) is 0.229. The number of aryl methyl sites for hydroxylation is 1. The fraction of sp³-hybridized carbons (Fsp3) is 0.250. The van der Waals surface area contributed by atoms with E-state index in [0.717, 1.165) is 14.7 Å². The number of carbonyl (C=O) groups is 2. The average molecular weight is 530 g/mol. The second-order valence-electron chi connectivity index (χ2n) is 5.95. The maximum absolute atomic E-state index is 12.0. The van der Waals surface area contributed by atoms with Crippen molar-refractivity contribution in [2.45, 2.75) is 20.3 Å². The van der Waals surface area contributed by atoms with E-state index in [9.17, 15) is 9.59 Å². The molecule has 2 amide bonds. The Hall–Kier alpha value is -2.33. The first-order chi connectivity index (χ1) is 13.8. The van der Waals surface area contributed by atoms with E-state index in [1.165, 1.54) is 6.21 Å². The van der Waals surface area contributed by atoms with Crippen LogP contribution in [-0.4, -0.2) is 31.7 Å². The molecule has 2 aromatic rings. The van der Waals surface area contributed by atoms with E-state index in [1.807, 2.05) is 19.9 Å². The van der Waals surface area contributed by atoms with Crippen LogP contribution in [0.5, 0.6) is 11.5 Å². The molecule has 2 aromatic carbocycles. The summed E-state index contributed by atoms with van der Waals surface area (Å²) in [5, 5.41) is 7.06. The lowest BCUT2D eigenvalue weighted by Gasteiger charge is -2.11. The van der Waals surface area contributed by atoms with Crippen LogP contribution in [0.1, 0.15) is 24.5 Å². The van der Waals surface area contributed by atoms with Crippen molar-refractivity contribution in [1.82, 2.24) is 5.43 Å². The van der Waals surface area contributed by atoms with Crippen LogP contribution in [0.4, 0.5) is 5.69 Å². The second kappa shape index (κ2) is 11.0. The van der Waals surface area contributed by atoms with Gasteiger partial charge in [-0.3, -0.25) is 9.59 Å². The first kappa shape index (κ1) is 23.0. The SMILES string of the molecule is CCOc1cc(C=NNC(=O)CC(=O)Nc2ccc(C)c(Cl)c2)cc(I)c1OC. The van der Waals surface area contributed by atoms with Crippen LogP contribution in [0.2, 0.25) is 5.02 Å². The lowest BCUT2D eigenvalue weighted by Crippen LogP contribution is -2.24. The molecule has 0 saturated heterocycles. The summed E-state index contributed by atoms with van der Waals surface area (Å²) in [6, 6.07) is 8.73. The molecule has 0 aliphatic rings. The quantitative estimate of drug-likeness (QED) is 0.233. The van der Waals surface area contributed by atoms with Crippen LogP contribution in [0, 0.1) is 10.5 Å². The number of halogens is 2. The lowest BCUT2D eigenvalue weighted by atomic mass is 10.2. The number of benzene rings is 2. The summed E-state index contributed by atoms with van der Waals surface area (Å²) < 4.78 is 11.7. The van der Waals surface area contributed by atoms with Gasteiger partial charge in [0, 0.05) is 10.7 Å². The average Bonchev–Trinajstić information content (AvgIpc) is 2.65. The predicted molar refractivity (Wildman–Crippen MR) is 122 cm³/mol. The molecule has 0 heterocycles. The minimum Gasteiger partial charge on any atom is -0.492 e. The van der Waals surface area contributed by atoms with Gasteiger partial charge in [0.1, 0.15) is 6.42 Å². The molecular formula is C20H21ClIN3O4. The molecule has 0 unspecified atom stereocenters. The molecule has 0 saturated carbocycles. The van der Waals surface area contributed by atoms with E-state index in [0.29, 0.717) is 28.8 Å². The zero-order chi connectivity index (χ0) is 21.4. The monoisotopic (exact) mass is 529 g/mol. The second-order valence-corrected chi connectivity index (χ2v) is 7.52. The van der Waals surface area contributed by atoms with Crippen molar-refractivity contribution in [3.8, 4) is 11.5 Å². The highest BCUT2D eigenvalue weighted by atomic mass is 127. The van der Waals surface area contributed by atoms with Crippen LogP contribution in [0.3, 0.4) is 0 Å². The van der Waals surface area contributed by atoms with Crippen molar-refractivity contribution in [3.05, 3.63) is 50.1 Å². The molecule has 0 bridgehead atoms. The highest BCUT2D eigenvalue weighted by Crippen LogP contribution is 2.33. The third-order valence-corrected chi connectivity index (χ3v) is 4.92. The van der Waals surface area contributed by atoms with Gasteiger partial charge >= 0.3 is 0 Å². The molecule has 0 radical (unpaired) electrons. The van der Waals surface area contributed by atoms with Crippen molar-refractivity contribution in [2.75, 3.05) is 19.0 Å². The van der Waals surface area contributed by atoms with Crippen molar-refractivity contribution in [1.29, 1.82) is 0 Å². The minimum atomic E-state index is -0.537. The third-order valence-electron chi connectivity index (χ3n) is 3.72. The topological polar surface area (TPSA) is 89.0 Å². The molecule has 2 N–H and O–H groups in total. The number of ether oxygens (including phenoxy) is 2. The molecule has 0 aromatic heterocycles. The Kier molecular flexibility index (Phi) is 8.71. The molecule has 7 nitrogen and oxygen atoms in total. The number of rotatable bonds is 8. The predicted octanol–water partition coefficient (Wildman–Crippen LogP) is 4.14. The summed E-state index contributed by atoms with van der Waals surface area (Å²) in [5.41, 5.74) is 4.48. The molecule has 9 heteroatoms. The van der Waals surface area contributed by atoms with Gasteiger partial charge in [0.05, 0.1) is 23.5 Å². The van der Waals surface area contributed by atoms with E-state index in [1.54, 1.807) is 31.4 Å². The fourth-order valence-electron chi connectivity index (χ4n) is 2.36. The van der Waals surface area contributed by atoms with Gasteiger partial charge in [0.25, 0.3) is 0 Å². The summed E-state index contributed by atoms with van der Waals surface area (Å²) in [6.45, 7) is 4.23. The van der Waals surface area contributed by atoms with Crippen molar-refractivity contribution < 1.29 is 19.1 Å².